The van der Waals surface area contributed by atoms with E-state index >= 15 is 0 Å². The third kappa shape index (κ3) is 6.87. The van der Waals surface area contributed by atoms with Crippen LogP contribution in [0.1, 0.15) is 31.9 Å². The lowest BCUT2D eigenvalue weighted by Crippen LogP contribution is -2.46. The molecule has 3 N–H and O–H groups in total. The summed E-state index contributed by atoms with van der Waals surface area (Å²) in [7, 11) is 0. The molecule has 0 atom stereocenters. The van der Waals surface area contributed by atoms with E-state index in [-0.39, 0.29) is 23.5 Å². The van der Waals surface area contributed by atoms with E-state index in [4.69, 9.17) is 4.74 Å². The quantitative estimate of drug-likeness (QED) is 0.298. The van der Waals surface area contributed by atoms with Gasteiger partial charge in [0.15, 0.2) is 5.82 Å². The maximum absolute atomic E-state index is 12.3. The maximum atomic E-state index is 12.3. The zero-order chi connectivity index (χ0) is 28.6. The van der Waals surface area contributed by atoms with Crippen molar-refractivity contribution in [2.75, 3.05) is 53.6 Å². The number of amides is 1. The Morgan fingerprint density at radius 3 is 2.58 bits per heavy atom. The van der Waals surface area contributed by atoms with Gasteiger partial charge in [0.2, 0.25) is 11.9 Å². The highest BCUT2D eigenvalue weighted by molar-refractivity contribution is 6.02. The third-order valence-electron chi connectivity index (χ3n) is 6.60. The van der Waals surface area contributed by atoms with Crippen LogP contribution in [0.5, 0.6) is 5.75 Å². The van der Waals surface area contributed by atoms with Crippen LogP contribution < -0.4 is 25.6 Å². The number of piperazine rings is 1. The van der Waals surface area contributed by atoms with Gasteiger partial charge in [-0.2, -0.15) is 10.2 Å². The van der Waals surface area contributed by atoms with Crippen LogP contribution in [0.2, 0.25) is 0 Å². The van der Waals surface area contributed by atoms with Gasteiger partial charge in [-0.3, -0.25) is 4.79 Å². The van der Waals surface area contributed by atoms with Crippen LogP contribution in [0.4, 0.5) is 34.5 Å². The summed E-state index contributed by atoms with van der Waals surface area (Å²) in [5.41, 5.74) is 4.29. The number of ether oxygens (including phenoxy) is 1. The number of nitrogens with one attached hydrogen (secondary N) is 3. The summed E-state index contributed by atoms with van der Waals surface area (Å²) in [6.07, 6.45) is 2.67. The lowest BCUT2D eigenvalue weighted by Gasteiger charge is -2.36. The Morgan fingerprint density at radius 2 is 1.90 bits per heavy atom. The largest absolute Gasteiger partial charge is 0.489 e. The number of nitriles is 1. The zero-order valence-corrected chi connectivity index (χ0v) is 23.5. The van der Waals surface area contributed by atoms with E-state index in [0.717, 1.165) is 44.0 Å². The number of carbonyl (C=O) groups excluding carboxylic acids is 1. The highest BCUT2D eigenvalue weighted by Crippen LogP contribution is 2.34. The lowest BCUT2D eigenvalue weighted by atomic mass is 10.1. The molecular formula is C30H36N8O2. The second-order valence-corrected chi connectivity index (χ2v) is 9.78. The number of anilines is 6. The average Bonchev–Trinajstić information content (AvgIpc) is 2.95. The number of rotatable bonds is 10. The number of carbonyl (C=O) groups is 1. The number of hydrogen-bond acceptors (Lipinski definition) is 9. The molecule has 208 valence electrons. The monoisotopic (exact) mass is 540 g/mol. The van der Waals surface area contributed by atoms with E-state index < -0.39 is 0 Å². The molecule has 1 aliphatic rings. The summed E-state index contributed by atoms with van der Waals surface area (Å²) < 4.78 is 5.91. The molecule has 1 amide bonds. The smallest absolute Gasteiger partial charge is 0.247 e. The van der Waals surface area contributed by atoms with E-state index in [1.54, 1.807) is 0 Å². The molecule has 0 radical (unpaired) electrons. The Hall–Kier alpha value is -4.62. The highest BCUT2D eigenvalue weighted by Gasteiger charge is 2.20. The molecule has 4 rings (SSSR count). The molecule has 0 saturated carbocycles. The van der Waals surface area contributed by atoms with Crippen LogP contribution in [0.25, 0.3) is 0 Å². The molecule has 1 fully saturated rings. The topological polar surface area (TPSA) is 118 Å². The van der Waals surface area contributed by atoms with Crippen LogP contribution in [-0.4, -0.2) is 59.6 Å². The van der Waals surface area contributed by atoms with Gasteiger partial charge in [-0.25, -0.2) is 4.98 Å². The normalized spacial score (nSPS) is 13.4. The second-order valence-electron chi connectivity index (χ2n) is 9.78. The fraction of sp³-hybridized carbons (Fsp3) is 0.333. The maximum Gasteiger partial charge on any atom is 0.247 e. The van der Waals surface area contributed by atoms with E-state index in [0.29, 0.717) is 28.6 Å². The minimum absolute atomic E-state index is 0.0214. The van der Waals surface area contributed by atoms with Crippen LogP contribution in [0.15, 0.2) is 55.3 Å². The fourth-order valence-corrected chi connectivity index (χ4v) is 4.53. The number of hydrogen-bond donors (Lipinski definition) is 3. The Kier molecular flexibility index (Phi) is 9.19. The van der Waals surface area contributed by atoms with Crippen molar-refractivity contribution < 1.29 is 9.53 Å². The predicted octanol–water partition coefficient (Wildman–Crippen LogP) is 5.20. The van der Waals surface area contributed by atoms with E-state index in [1.165, 1.54) is 12.3 Å². The van der Waals surface area contributed by atoms with Crippen LogP contribution in [0, 0.1) is 18.3 Å². The zero-order valence-electron chi connectivity index (χ0n) is 23.5. The third-order valence-corrected chi connectivity index (χ3v) is 6.60. The molecular weight excluding hydrogens is 504 g/mol. The minimum Gasteiger partial charge on any atom is -0.489 e. The average molecular weight is 541 g/mol. The summed E-state index contributed by atoms with van der Waals surface area (Å²) in [4.78, 5) is 26.0. The summed E-state index contributed by atoms with van der Waals surface area (Å²) in [5, 5.41) is 19.1. The minimum atomic E-state index is -0.321. The van der Waals surface area contributed by atoms with Crippen LogP contribution >= 0.6 is 0 Å². The van der Waals surface area contributed by atoms with Crippen molar-refractivity contribution in [3.05, 3.63) is 66.4 Å². The van der Waals surface area contributed by atoms with Crippen molar-refractivity contribution in [2.45, 2.75) is 33.8 Å². The molecule has 0 unspecified atom stereocenters. The molecule has 40 heavy (non-hydrogen) atoms. The summed E-state index contributed by atoms with van der Waals surface area (Å²) in [6.45, 7) is 16.5. The second kappa shape index (κ2) is 13.0. The Morgan fingerprint density at radius 1 is 1.15 bits per heavy atom. The Balaban J connectivity index is 1.65. The molecule has 3 aromatic rings. The van der Waals surface area contributed by atoms with Gasteiger partial charge in [0.05, 0.1) is 29.4 Å². The van der Waals surface area contributed by atoms with Gasteiger partial charge in [0, 0.05) is 31.9 Å². The van der Waals surface area contributed by atoms with Gasteiger partial charge in [-0.05, 0) is 63.2 Å². The van der Waals surface area contributed by atoms with Gasteiger partial charge >= 0.3 is 0 Å². The molecule has 2 aromatic carbocycles. The molecule has 10 heteroatoms. The van der Waals surface area contributed by atoms with Gasteiger partial charge in [0.25, 0.3) is 0 Å². The predicted molar refractivity (Wildman–Crippen MR) is 160 cm³/mol. The number of benzene rings is 2. The molecule has 1 aliphatic heterocycles. The van der Waals surface area contributed by atoms with Crippen molar-refractivity contribution in [3.8, 4) is 11.8 Å². The molecule has 2 heterocycles. The summed E-state index contributed by atoms with van der Waals surface area (Å²) >= 11 is 0. The summed E-state index contributed by atoms with van der Waals surface area (Å²) in [6, 6.07) is 13.6. The first-order chi connectivity index (χ1) is 19.3. The van der Waals surface area contributed by atoms with Gasteiger partial charge in [0.1, 0.15) is 17.4 Å². The van der Waals surface area contributed by atoms with Crippen LogP contribution in [-0.2, 0) is 4.79 Å². The van der Waals surface area contributed by atoms with E-state index in [1.807, 2.05) is 57.2 Å². The van der Waals surface area contributed by atoms with Gasteiger partial charge in [-0.1, -0.05) is 25.6 Å². The van der Waals surface area contributed by atoms with Crippen molar-refractivity contribution in [3.63, 3.8) is 0 Å². The first-order valence-corrected chi connectivity index (χ1v) is 13.4. The molecule has 1 saturated heterocycles. The number of nitrogens with zero attached hydrogens (tertiary/aromatic N) is 5. The standard InChI is InChI=1S/C30H36N8O2/c1-6-28(39)33-25-17-26(38-14-12-37(7-2)13-15-38)21(5)16-24(25)35-30-32-19-22(18-31)29(36-30)34-23-10-8-9-11-27(23)40-20(3)4/h6,8-11,16-17,19-20H,1,7,12-15H2,2-5H3,(H,33,39)(H2,32,34,35,36). The Labute approximate surface area is 235 Å². The van der Waals surface area contributed by atoms with Crippen molar-refractivity contribution in [1.29, 1.82) is 5.26 Å². The molecule has 0 aliphatic carbocycles. The van der Waals surface area contributed by atoms with Crippen molar-refractivity contribution in [1.82, 2.24) is 14.9 Å². The molecule has 0 spiro atoms. The Bertz CT molecular complexity index is 1410. The lowest BCUT2D eigenvalue weighted by molar-refractivity contribution is -0.111. The van der Waals surface area contributed by atoms with E-state index in [9.17, 15) is 10.1 Å². The van der Waals surface area contributed by atoms with Gasteiger partial charge < -0.3 is 30.5 Å². The first kappa shape index (κ1) is 28.4. The van der Waals surface area contributed by atoms with Crippen molar-refractivity contribution >= 4 is 40.4 Å². The summed E-state index contributed by atoms with van der Waals surface area (Å²) in [5.74, 6) is 0.925. The molecule has 0 bridgehead atoms. The number of aryl methyl sites for hydroxylation is 1. The fourth-order valence-electron chi connectivity index (χ4n) is 4.53. The SMILES string of the molecule is C=CC(=O)Nc1cc(N2CCN(CC)CC2)c(C)cc1Nc1ncc(C#N)c(Nc2ccccc2OC(C)C)n1. The van der Waals surface area contributed by atoms with E-state index in [2.05, 4.69) is 55.3 Å². The number of likely N-dealkylation sites (N-methyl/N-ethyl adjacent to an activating group) is 1. The molecule has 1 aromatic heterocycles. The number of aromatic nitrogens is 2. The van der Waals surface area contributed by atoms with Gasteiger partial charge in [-0.15, -0.1) is 0 Å². The van der Waals surface area contributed by atoms with Crippen molar-refractivity contribution in [2.24, 2.45) is 0 Å². The highest BCUT2D eigenvalue weighted by atomic mass is 16.5. The molecule has 10 nitrogen and oxygen atoms in total. The number of para-hydroxylation sites is 2. The first-order valence-electron chi connectivity index (χ1n) is 13.4. The van der Waals surface area contributed by atoms with Crippen LogP contribution in [0.3, 0.4) is 0 Å².